The number of halogens is 1. The van der Waals surface area contributed by atoms with Crippen molar-refractivity contribution in [2.24, 2.45) is 5.92 Å². The Kier molecular flexibility index (Phi) is 6.18. The van der Waals surface area contributed by atoms with Crippen LogP contribution in [-0.2, 0) is 14.8 Å². The third kappa shape index (κ3) is 4.34. The summed E-state index contributed by atoms with van der Waals surface area (Å²) < 4.78 is 39.7. The molecule has 1 N–H and O–H groups in total. The second-order valence-corrected chi connectivity index (χ2v) is 9.22. The minimum Gasteiger partial charge on any atom is -0.325 e. The van der Waals surface area contributed by atoms with Crippen molar-refractivity contribution in [3.63, 3.8) is 0 Å². The monoisotopic (exact) mass is 435 g/mol. The fourth-order valence-corrected chi connectivity index (χ4v) is 5.04. The van der Waals surface area contributed by atoms with Crippen molar-refractivity contribution in [3.8, 4) is 0 Å². The molecule has 1 saturated heterocycles. The lowest BCUT2D eigenvalue weighted by Gasteiger charge is -2.30. The van der Waals surface area contributed by atoms with Crippen LogP contribution in [0.4, 0.5) is 15.8 Å². The zero-order valence-corrected chi connectivity index (χ0v) is 17.4. The Bertz CT molecular complexity index is 1080. The van der Waals surface area contributed by atoms with Crippen molar-refractivity contribution >= 4 is 27.3 Å². The first kappa shape index (κ1) is 21.8. The van der Waals surface area contributed by atoms with Crippen LogP contribution < -0.4 is 5.32 Å². The van der Waals surface area contributed by atoms with E-state index < -0.39 is 26.7 Å². The van der Waals surface area contributed by atoms with Crippen LogP contribution in [-0.4, -0.2) is 36.6 Å². The number of nitro benzene ring substituents is 1. The number of carbonyl (C=O) groups is 1. The quantitative estimate of drug-likeness (QED) is 0.572. The van der Waals surface area contributed by atoms with Gasteiger partial charge in [0, 0.05) is 25.1 Å². The number of sulfonamides is 1. The first-order chi connectivity index (χ1) is 14.1. The maximum absolute atomic E-state index is 13.1. The molecule has 3 rings (SSSR count). The topological polar surface area (TPSA) is 110 Å². The second-order valence-electron chi connectivity index (χ2n) is 7.28. The molecule has 1 heterocycles. The van der Waals surface area contributed by atoms with Crippen molar-refractivity contribution in [2.45, 2.75) is 31.6 Å². The number of anilines is 1. The molecule has 2 aromatic rings. The molecule has 1 amide bonds. The van der Waals surface area contributed by atoms with Crippen molar-refractivity contribution in [1.29, 1.82) is 0 Å². The van der Waals surface area contributed by atoms with Gasteiger partial charge in [-0.3, -0.25) is 14.9 Å². The Balaban J connectivity index is 1.68. The van der Waals surface area contributed by atoms with Gasteiger partial charge in [0.1, 0.15) is 5.82 Å². The molecule has 2 aromatic carbocycles. The standard InChI is InChI=1S/C20H22FN3O5S/c1-13-3-8-18(24(26)27)14(2)19(13)22-20(25)15-9-11-23(12-10-15)30(28,29)17-6-4-16(21)5-7-17/h3-8,15H,9-12H2,1-2H3,(H,22,25). The van der Waals surface area contributed by atoms with Gasteiger partial charge in [-0.25, -0.2) is 12.8 Å². The van der Waals surface area contributed by atoms with Gasteiger partial charge in [0.05, 0.1) is 21.1 Å². The Hall–Kier alpha value is -2.85. The summed E-state index contributed by atoms with van der Waals surface area (Å²) in [5, 5.41) is 13.9. The minimum atomic E-state index is -3.76. The lowest BCUT2D eigenvalue weighted by molar-refractivity contribution is -0.385. The predicted octanol–water partition coefficient (Wildman–Crippen LogP) is 3.39. The van der Waals surface area contributed by atoms with Gasteiger partial charge in [0.2, 0.25) is 15.9 Å². The number of nitrogens with one attached hydrogen (secondary N) is 1. The lowest BCUT2D eigenvalue weighted by Crippen LogP contribution is -2.41. The molecular weight excluding hydrogens is 413 g/mol. The number of nitrogens with zero attached hydrogens (tertiary/aromatic N) is 2. The number of benzene rings is 2. The van der Waals surface area contributed by atoms with Gasteiger partial charge in [-0.2, -0.15) is 4.31 Å². The number of amides is 1. The molecule has 0 radical (unpaired) electrons. The zero-order valence-electron chi connectivity index (χ0n) is 16.6. The number of rotatable bonds is 5. The Morgan fingerprint density at radius 1 is 1.13 bits per heavy atom. The van der Waals surface area contributed by atoms with Crippen LogP contribution in [0.2, 0.25) is 0 Å². The molecule has 160 valence electrons. The highest BCUT2D eigenvalue weighted by Gasteiger charge is 2.32. The van der Waals surface area contributed by atoms with E-state index in [1.54, 1.807) is 19.9 Å². The van der Waals surface area contributed by atoms with E-state index in [0.717, 1.165) is 12.1 Å². The molecule has 0 saturated carbocycles. The summed E-state index contributed by atoms with van der Waals surface area (Å²) in [6.45, 7) is 3.65. The van der Waals surface area contributed by atoms with Gasteiger partial charge >= 0.3 is 0 Å². The molecular formula is C20H22FN3O5S. The molecule has 0 bridgehead atoms. The molecule has 0 atom stereocenters. The maximum atomic E-state index is 13.1. The third-order valence-electron chi connectivity index (χ3n) is 5.37. The van der Waals surface area contributed by atoms with Gasteiger partial charge in [0.15, 0.2) is 0 Å². The average Bonchev–Trinajstić information content (AvgIpc) is 2.71. The van der Waals surface area contributed by atoms with Crippen molar-refractivity contribution in [2.75, 3.05) is 18.4 Å². The molecule has 1 aliphatic heterocycles. The number of hydrogen-bond acceptors (Lipinski definition) is 5. The van der Waals surface area contributed by atoms with E-state index >= 15 is 0 Å². The Morgan fingerprint density at radius 2 is 1.73 bits per heavy atom. The highest BCUT2D eigenvalue weighted by atomic mass is 32.2. The Morgan fingerprint density at radius 3 is 2.30 bits per heavy atom. The van der Waals surface area contributed by atoms with E-state index in [1.165, 1.54) is 22.5 Å². The van der Waals surface area contributed by atoms with E-state index in [0.29, 0.717) is 29.7 Å². The maximum Gasteiger partial charge on any atom is 0.274 e. The molecule has 10 heteroatoms. The third-order valence-corrected chi connectivity index (χ3v) is 7.28. The van der Waals surface area contributed by atoms with Crippen LogP contribution >= 0.6 is 0 Å². The highest BCUT2D eigenvalue weighted by molar-refractivity contribution is 7.89. The first-order valence-electron chi connectivity index (χ1n) is 9.42. The first-order valence-corrected chi connectivity index (χ1v) is 10.9. The van der Waals surface area contributed by atoms with Crippen LogP contribution in [0.1, 0.15) is 24.0 Å². The Labute approximate surface area is 173 Å². The summed E-state index contributed by atoms with van der Waals surface area (Å²) in [6, 6.07) is 7.61. The molecule has 30 heavy (non-hydrogen) atoms. The van der Waals surface area contributed by atoms with E-state index in [4.69, 9.17) is 0 Å². The molecule has 0 aromatic heterocycles. The number of piperidine rings is 1. The largest absolute Gasteiger partial charge is 0.325 e. The average molecular weight is 435 g/mol. The second kappa shape index (κ2) is 8.49. The number of nitro groups is 1. The molecule has 1 aliphatic rings. The number of aryl methyl sites for hydroxylation is 1. The van der Waals surface area contributed by atoms with Crippen LogP contribution in [0.5, 0.6) is 0 Å². The summed E-state index contributed by atoms with van der Waals surface area (Å²) in [4.78, 5) is 23.4. The molecule has 0 spiro atoms. The molecule has 0 aliphatic carbocycles. The van der Waals surface area contributed by atoms with Crippen LogP contribution in [0.3, 0.4) is 0 Å². The number of carbonyl (C=O) groups excluding carboxylic acids is 1. The van der Waals surface area contributed by atoms with Crippen molar-refractivity contribution < 1.29 is 22.5 Å². The lowest BCUT2D eigenvalue weighted by atomic mass is 9.96. The van der Waals surface area contributed by atoms with E-state index in [-0.39, 0.29) is 29.6 Å². The molecule has 0 unspecified atom stereocenters. The van der Waals surface area contributed by atoms with Gasteiger partial charge in [-0.05, 0) is 56.5 Å². The predicted molar refractivity (Wildman–Crippen MR) is 109 cm³/mol. The summed E-state index contributed by atoms with van der Waals surface area (Å²) >= 11 is 0. The van der Waals surface area contributed by atoms with Crippen molar-refractivity contribution in [3.05, 3.63) is 63.5 Å². The fraction of sp³-hybridized carbons (Fsp3) is 0.350. The van der Waals surface area contributed by atoms with Crippen LogP contribution in [0.25, 0.3) is 0 Å². The zero-order chi connectivity index (χ0) is 22.1. The van der Waals surface area contributed by atoms with Crippen LogP contribution in [0, 0.1) is 35.7 Å². The molecule has 8 nitrogen and oxygen atoms in total. The normalized spacial score (nSPS) is 15.7. The summed E-state index contributed by atoms with van der Waals surface area (Å²) in [6.07, 6.45) is 0.637. The summed E-state index contributed by atoms with van der Waals surface area (Å²) in [5.41, 5.74) is 1.43. The van der Waals surface area contributed by atoms with E-state index in [9.17, 15) is 27.7 Å². The van der Waals surface area contributed by atoms with E-state index in [1.807, 2.05) is 0 Å². The van der Waals surface area contributed by atoms with Crippen molar-refractivity contribution in [1.82, 2.24) is 4.31 Å². The SMILES string of the molecule is Cc1ccc([N+](=O)[O-])c(C)c1NC(=O)C1CCN(S(=O)(=O)c2ccc(F)cc2)CC1. The molecule has 1 fully saturated rings. The van der Waals surface area contributed by atoms with Gasteiger partial charge < -0.3 is 5.32 Å². The van der Waals surface area contributed by atoms with E-state index in [2.05, 4.69) is 5.32 Å². The summed E-state index contributed by atoms with van der Waals surface area (Å²) in [7, 11) is -3.76. The number of hydrogen-bond donors (Lipinski definition) is 1. The van der Waals surface area contributed by atoms with Gasteiger partial charge in [-0.1, -0.05) is 6.07 Å². The smallest absolute Gasteiger partial charge is 0.274 e. The van der Waals surface area contributed by atoms with Gasteiger partial charge in [-0.15, -0.1) is 0 Å². The fourth-order valence-electron chi connectivity index (χ4n) is 3.57. The van der Waals surface area contributed by atoms with Gasteiger partial charge in [0.25, 0.3) is 5.69 Å². The summed E-state index contributed by atoms with van der Waals surface area (Å²) in [5.74, 6) is -1.22. The van der Waals surface area contributed by atoms with Crippen LogP contribution in [0.15, 0.2) is 41.3 Å². The highest BCUT2D eigenvalue weighted by Crippen LogP contribution is 2.30. The minimum absolute atomic E-state index is 0.00893.